The van der Waals surface area contributed by atoms with Crippen LogP contribution in [0.1, 0.15) is 0 Å². The zero-order valence-corrected chi connectivity index (χ0v) is 5.71. The highest BCUT2D eigenvalue weighted by Crippen LogP contribution is 1.93. The van der Waals surface area contributed by atoms with Crippen molar-refractivity contribution in [2.75, 3.05) is 0 Å². The molecular weight excluding hydrogens is 147 g/mol. The average Bonchev–Trinajstić information content (AvgIpc) is 1.61. The second kappa shape index (κ2) is 3.78. The van der Waals surface area contributed by atoms with Crippen molar-refractivity contribution in [3.8, 4) is 0 Å². The van der Waals surface area contributed by atoms with Crippen LogP contribution in [0, 0.1) is 0 Å². The molecule has 0 aliphatic rings. The Bertz CT molecular complexity index is 104. The molecule has 0 radical (unpaired) electrons. The highest BCUT2D eigenvalue weighted by atomic mass is 35.5. The van der Waals surface area contributed by atoms with Crippen LogP contribution < -0.4 is 11.5 Å². The van der Waals surface area contributed by atoms with E-state index in [1.165, 1.54) is 12.2 Å². The Labute approximate surface area is 57.7 Å². The minimum Gasteiger partial charge on any atom is -0.389 e. The number of quaternary nitrogens is 1. The molecule has 0 bridgehead atoms. The van der Waals surface area contributed by atoms with Crippen LogP contribution in [0.15, 0.2) is 22.5 Å². The number of halogens is 2. The minimum atomic E-state index is 0.201. The third-order valence-electron chi connectivity index (χ3n) is 0.423. The van der Waals surface area contributed by atoms with Crippen LogP contribution in [0.3, 0.4) is 0 Å². The lowest BCUT2D eigenvalue weighted by molar-refractivity contribution is -0.286. The average molecular weight is 154 g/mol. The summed E-state index contributed by atoms with van der Waals surface area (Å²) in [5.74, 6) is 0. The van der Waals surface area contributed by atoms with E-state index in [-0.39, 0.29) is 5.16 Å². The van der Waals surface area contributed by atoms with Crippen LogP contribution in [-0.4, -0.2) is 0 Å². The Morgan fingerprint density at radius 1 is 1.38 bits per heavy atom. The molecule has 0 fully saturated rings. The molecule has 0 aromatic heterocycles. The predicted molar refractivity (Wildman–Crippen MR) is 34.9 cm³/mol. The van der Waals surface area contributed by atoms with E-state index in [9.17, 15) is 0 Å². The van der Waals surface area contributed by atoms with Gasteiger partial charge in [-0.15, -0.1) is 0 Å². The second-order valence-electron chi connectivity index (χ2n) is 1.17. The molecule has 0 saturated heterocycles. The molecule has 2 nitrogen and oxygen atoms in total. The fraction of sp³-hybridized carbons (Fsp3) is 0. The molecule has 0 rings (SSSR count). The van der Waals surface area contributed by atoms with E-state index in [0.29, 0.717) is 5.16 Å². The van der Waals surface area contributed by atoms with Gasteiger partial charge < -0.3 is 11.5 Å². The molecule has 8 heavy (non-hydrogen) atoms. The second-order valence-corrected chi connectivity index (χ2v) is 2.09. The van der Waals surface area contributed by atoms with Crippen molar-refractivity contribution in [2.45, 2.75) is 0 Å². The third kappa shape index (κ3) is 5.82. The first-order chi connectivity index (χ1) is 3.63. The molecule has 4 heteroatoms. The van der Waals surface area contributed by atoms with Crippen molar-refractivity contribution < 1.29 is 5.73 Å². The van der Waals surface area contributed by atoms with Gasteiger partial charge in [-0.25, -0.2) is 0 Å². The summed E-state index contributed by atoms with van der Waals surface area (Å²) in [5.41, 5.74) is 8.41. The summed E-state index contributed by atoms with van der Waals surface area (Å²) in [6, 6.07) is 0. The Morgan fingerprint density at radius 2 is 1.88 bits per heavy atom. The van der Waals surface area contributed by atoms with Crippen LogP contribution in [0.25, 0.3) is 0 Å². The van der Waals surface area contributed by atoms with Crippen LogP contribution in [-0.2, 0) is 0 Å². The van der Waals surface area contributed by atoms with Gasteiger partial charge in [-0.2, -0.15) is 0 Å². The smallest absolute Gasteiger partial charge is 0.196 e. The van der Waals surface area contributed by atoms with Crippen LogP contribution >= 0.6 is 23.2 Å². The summed E-state index contributed by atoms with van der Waals surface area (Å²) in [5, 5.41) is 0.611. The maximum Gasteiger partial charge on any atom is 0.196 e. The number of allylic oxidation sites excluding steroid dienone is 2. The number of rotatable bonds is 1. The number of hydrogen-bond donors (Lipinski definition) is 2. The molecule has 0 aliphatic heterocycles. The number of hydrogen-bond acceptors (Lipinski definition) is 1. The van der Waals surface area contributed by atoms with E-state index in [1.807, 2.05) is 0 Å². The summed E-state index contributed by atoms with van der Waals surface area (Å²) in [4.78, 5) is 0. The normalized spacial score (nSPS) is 14.4. The first-order valence-electron chi connectivity index (χ1n) is 1.93. The Balaban J connectivity index is 3.76. The monoisotopic (exact) mass is 153 g/mol. The highest BCUT2D eigenvalue weighted by molar-refractivity contribution is 6.29. The predicted octanol–water partition coefficient (Wildman–Crippen LogP) is 0.347. The molecule has 0 aliphatic carbocycles. The first kappa shape index (κ1) is 7.82. The van der Waals surface area contributed by atoms with Crippen molar-refractivity contribution >= 4 is 23.2 Å². The van der Waals surface area contributed by atoms with Gasteiger partial charge in [-0.3, -0.25) is 0 Å². The summed E-state index contributed by atoms with van der Waals surface area (Å²) in [7, 11) is 0. The fourth-order valence-corrected chi connectivity index (χ4v) is 0.296. The molecule has 46 valence electrons. The SMILES string of the molecule is NC(Cl)=CC=C([NH3+])Cl. The van der Waals surface area contributed by atoms with Crippen molar-refractivity contribution in [3.05, 3.63) is 22.5 Å². The van der Waals surface area contributed by atoms with Gasteiger partial charge >= 0.3 is 0 Å². The van der Waals surface area contributed by atoms with E-state index >= 15 is 0 Å². The van der Waals surface area contributed by atoms with Gasteiger partial charge in [0.1, 0.15) is 0 Å². The van der Waals surface area contributed by atoms with Gasteiger partial charge in [0.15, 0.2) is 5.16 Å². The molecule has 0 spiro atoms. The number of nitrogens with two attached hydrogens (primary N) is 1. The van der Waals surface area contributed by atoms with E-state index in [0.717, 1.165) is 0 Å². The van der Waals surface area contributed by atoms with Gasteiger partial charge in [-0.1, -0.05) is 11.6 Å². The zero-order chi connectivity index (χ0) is 6.57. The molecular formula is C4H7Cl2N2+. The molecule has 0 aromatic rings. The van der Waals surface area contributed by atoms with E-state index in [2.05, 4.69) is 5.73 Å². The van der Waals surface area contributed by atoms with Gasteiger partial charge in [0, 0.05) is 6.08 Å². The van der Waals surface area contributed by atoms with Crippen molar-refractivity contribution in [3.63, 3.8) is 0 Å². The van der Waals surface area contributed by atoms with E-state index < -0.39 is 0 Å². The van der Waals surface area contributed by atoms with Crippen LogP contribution in [0.5, 0.6) is 0 Å². The van der Waals surface area contributed by atoms with E-state index in [1.54, 1.807) is 0 Å². The molecule has 0 atom stereocenters. The topological polar surface area (TPSA) is 53.7 Å². The lowest BCUT2D eigenvalue weighted by Crippen LogP contribution is -2.44. The first-order valence-corrected chi connectivity index (χ1v) is 2.69. The Kier molecular flexibility index (Phi) is 3.69. The summed E-state index contributed by atoms with van der Waals surface area (Å²) < 4.78 is 0. The van der Waals surface area contributed by atoms with Crippen molar-refractivity contribution in [1.82, 2.24) is 0 Å². The van der Waals surface area contributed by atoms with Crippen molar-refractivity contribution in [1.29, 1.82) is 0 Å². The van der Waals surface area contributed by atoms with Gasteiger partial charge in [0.05, 0.1) is 5.16 Å². The molecule has 5 N–H and O–H groups in total. The molecule has 0 saturated carbocycles. The fourth-order valence-electron chi connectivity index (χ4n) is 0.170. The maximum atomic E-state index is 5.31. The highest BCUT2D eigenvalue weighted by Gasteiger charge is 1.80. The van der Waals surface area contributed by atoms with Crippen LogP contribution in [0.4, 0.5) is 0 Å². The lowest BCUT2D eigenvalue weighted by Gasteiger charge is -1.78. The molecule has 0 heterocycles. The van der Waals surface area contributed by atoms with Gasteiger partial charge in [-0.05, 0) is 17.7 Å². The summed E-state index contributed by atoms with van der Waals surface area (Å²) >= 11 is 10.5. The summed E-state index contributed by atoms with van der Waals surface area (Å²) in [6.45, 7) is 0. The lowest BCUT2D eigenvalue weighted by atomic mass is 10.6. The summed E-state index contributed by atoms with van der Waals surface area (Å²) in [6.07, 6.45) is 2.99. The van der Waals surface area contributed by atoms with E-state index in [4.69, 9.17) is 28.9 Å². The van der Waals surface area contributed by atoms with Crippen LogP contribution in [0.2, 0.25) is 0 Å². The Morgan fingerprint density at radius 3 is 2.00 bits per heavy atom. The minimum absolute atomic E-state index is 0.201. The largest absolute Gasteiger partial charge is 0.389 e. The van der Waals surface area contributed by atoms with Crippen molar-refractivity contribution in [2.24, 2.45) is 5.73 Å². The third-order valence-corrected chi connectivity index (χ3v) is 0.675. The molecule has 0 unspecified atom stereocenters. The molecule has 0 amide bonds. The zero-order valence-electron chi connectivity index (χ0n) is 4.20. The maximum absolute atomic E-state index is 5.31. The van der Waals surface area contributed by atoms with Gasteiger partial charge in [0.2, 0.25) is 0 Å². The quantitative estimate of drug-likeness (QED) is 0.415. The Hall–Kier alpha value is -0.180. The van der Waals surface area contributed by atoms with Gasteiger partial charge in [0.25, 0.3) is 0 Å². The molecule has 0 aromatic carbocycles. The standard InChI is InChI=1S/C4H6Cl2N2/c5-3(7)1-2-4(6)8/h1-2H,7-8H2/p+1.